The summed E-state index contributed by atoms with van der Waals surface area (Å²) >= 11 is 6.14. The minimum Gasteiger partial charge on any atom is -0.387 e. The monoisotopic (exact) mass is 540 g/mol. The summed E-state index contributed by atoms with van der Waals surface area (Å²) in [4.78, 5) is 40.5. The Hall–Kier alpha value is -2.75. The van der Waals surface area contributed by atoms with Crippen molar-refractivity contribution in [2.75, 3.05) is 50.7 Å². The molecule has 0 bridgehead atoms. The summed E-state index contributed by atoms with van der Waals surface area (Å²) in [6, 6.07) is 7.84. The lowest BCUT2D eigenvalue weighted by Crippen LogP contribution is -2.52. The van der Waals surface area contributed by atoms with E-state index in [2.05, 4.69) is 27.1 Å². The Morgan fingerprint density at radius 1 is 1.05 bits per heavy atom. The van der Waals surface area contributed by atoms with Crippen molar-refractivity contribution in [3.05, 3.63) is 52.4 Å². The molecule has 1 unspecified atom stereocenters. The van der Waals surface area contributed by atoms with E-state index in [1.165, 1.54) is 6.33 Å². The zero-order valence-corrected chi connectivity index (χ0v) is 22.9. The Balaban J connectivity index is 1.25. The summed E-state index contributed by atoms with van der Waals surface area (Å²) < 4.78 is 0. The third-order valence-electron chi connectivity index (χ3n) is 8.29. The highest BCUT2D eigenvalue weighted by Gasteiger charge is 2.35. The molecule has 1 aromatic heterocycles. The average molecular weight is 541 g/mol. The van der Waals surface area contributed by atoms with Gasteiger partial charge < -0.3 is 25.1 Å². The number of fused-ring (bicyclic) bond motifs is 1. The smallest absolute Gasteiger partial charge is 0.231 e. The number of likely N-dealkylation sites (tertiary alicyclic amines) is 1. The van der Waals surface area contributed by atoms with Gasteiger partial charge in [0.1, 0.15) is 12.1 Å². The summed E-state index contributed by atoms with van der Waals surface area (Å²) in [5.74, 6) is 1.01. The van der Waals surface area contributed by atoms with Gasteiger partial charge in [-0.2, -0.15) is 0 Å². The number of carbonyl (C=O) groups excluding carboxylic acids is 2. The van der Waals surface area contributed by atoms with Gasteiger partial charge in [-0.15, -0.1) is 0 Å². The zero-order valence-electron chi connectivity index (χ0n) is 22.1. The van der Waals surface area contributed by atoms with Crippen LogP contribution in [0.15, 0.2) is 30.6 Å². The van der Waals surface area contributed by atoms with E-state index in [1.54, 1.807) is 6.92 Å². The number of aromatic nitrogens is 2. The van der Waals surface area contributed by atoms with Gasteiger partial charge in [0, 0.05) is 69.4 Å². The van der Waals surface area contributed by atoms with Crippen LogP contribution in [0.2, 0.25) is 5.02 Å². The van der Waals surface area contributed by atoms with Crippen LogP contribution in [0.4, 0.5) is 5.82 Å². The molecule has 9 nitrogen and oxygen atoms in total. The minimum absolute atomic E-state index is 0.109. The normalized spacial score (nSPS) is 22.9. The molecule has 1 aliphatic carbocycles. The molecule has 2 aliphatic heterocycles. The second-order valence-corrected chi connectivity index (χ2v) is 11.2. The Kier molecular flexibility index (Phi) is 8.16. The van der Waals surface area contributed by atoms with Crippen LogP contribution in [-0.2, 0) is 9.59 Å². The molecule has 3 aliphatic rings. The maximum absolute atomic E-state index is 13.8. The molecule has 2 N–H and O–H groups in total. The van der Waals surface area contributed by atoms with Gasteiger partial charge in [0.15, 0.2) is 0 Å². The number of benzene rings is 1. The number of nitrogens with zero attached hydrogens (tertiary/aromatic N) is 5. The van der Waals surface area contributed by atoms with Crippen LogP contribution in [0.1, 0.15) is 67.9 Å². The second kappa shape index (κ2) is 11.6. The highest BCUT2D eigenvalue weighted by molar-refractivity contribution is 6.30. The minimum atomic E-state index is -0.535. The molecule has 5 rings (SSSR count). The highest BCUT2D eigenvalue weighted by atomic mass is 35.5. The Morgan fingerprint density at radius 3 is 2.39 bits per heavy atom. The third kappa shape index (κ3) is 5.65. The number of halogens is 1. The van der Waals surface area contributed by atoms with Crippen molar-refractivity contribution >= 4 is 29.2 Å². The highest BCUT2D eigenvalue weighted by Crippen LogP contribution is 2.42. The van der Waals surface area contributed by atoms with Crippen molar-refractivity contribution in [3.63, 3.8) is 0 Å². The van der Waals surface area contributed by atoms with E-state index >= 15 is 0 Å². The number of hydrogen-bond donors (Lipinski definition) is 2. The molecule has 2 aromatic rings. The number of rotatable bonds is 6. The summed E-state index contributed by atoms with van der Waals surface area (Å²) in [5.41, 5.74) is 2.73. The van der Waals surface area contributed by atoms with Crippen LogP contribution in [0.25, 0.3) is 0 Å². The van der Waals surface area contributed by atoms with Gasteiger partial charge in [0.25, 0.3) is 0 Å². The van der Waals surface area contributed by atoms with Gasteiger partial charge in [-0.25, -0.2) is 9.97 Å². The van der Waals surface area contributed by atoms with Gasteiger partial charge in [-0.3, -0.25) is 9.59 Å². The largest absolute Gasteiger partial charge is 0.387 e. The molecular weight excluding hydrogens is 504 g/mol. The first kappa shape index (κ1) is 26.8. The number of anilines is 1. The molecule has 0 radical (unpaired) electrons. The van der Waals surface area contributed by atoms with Crippen molar-refractivity contribution in [2.45, 2.75) is 57.1 Å². The molecule has 3 heterocycles. The van der Waals surface area contributed by atoms with Gasteiger partial charge in [0.05, 0.1) is 17.7 Å². The molecule has 38 heavy (non-hydrogen) atoms. The van der Waals surface area contributed by atoms with E-state index in [9.17, 15) is 14.7 Å². The van der Waals surface area contributed by atoms with Gasteiger partial charge in [-0.05, 0) is 42.9 Å². The summed E-state index contributed by atoms with van der Waals surface area (Å²) in [5, 5.41) is 14.6. The fourth-order valence-electron chi connectivity index (χ4n) is 6.04. The van der Waals surface area contributed by atoms with E-state index in [4.69, 9.17) is 11.6 Å². The first-order chi connectivity index (χ1) is 18.3. The first-order valence-corrected chi connectivity index (χ1v) is 14.0. The van der Waals surface area contributed by atoms with Crippen molar-refractivity contribution in [3.8, 4) is 0 Å². The maximum Gasteiger partial charge on any atom is 0.231 e. The lowest BCUT2D eigenvalue weighted by Gasteiger charge is -2.38. The van der Waals surface area contributed by atoms with Crippen LogP contribution < -0.4 is 10.2 Å². The molecule has 2 fully saturated rings. The zero-order chi connectivity index (χ0) is 26.8. The predicted octanol–water partition coefficient (Wildman–Crippen LogP) is 2.70. The number of piperidine rings is 1. The fourth-order valence-corrected chi connectivity index (χ4v) is 6.16. The summed E-state index contributed by atoms with van der Waals surface area (Å²) in [7, 11) is 0. The number of aliphatic hydroxyl groups is 1. The lowest BCUT2D eigenvalue weighted by atomic mass is 9.95. The number of nitrogens with one attached hydrogen (secondary N) is 1. The van der Waals surface area contributed by atoms with Gasteiger partial charge in [-0.1, -0.05) is 30.7 Å². The lowest BCUT2D eigenvalue weighted by molar-refractivity contribution is -0.133. The van der Waals surface area contributed by atoms with E-state index in [1.807, 2.05) is 34.1 Å². The van der Waals surface area contributed by atoms with Crippen molar-refractivity contribution in [2.24, 2.45) is 0 Å². The molecule has 10 heteroatoms. The first-order valence-electron chi connectivity index (χ1n) is 13.6. The molecule has 2 saturated heterocycles. The van der Waals surface area contributed by atoms with E-state index in [0.29, 0.717) is 44.2 Å². The van der Waals surface area contributed by atoms with Crippen LogP contribution in [0.3, 0.4) is 0 Å². The molecule has 204 valence electrons. The SMILES string of the molecule is CC(=O)N1CCC(NC[C@@H](C(=O)N2CCN(c3ncnc4c3C(C)C[C@H]4O)CC2)c2ccc(Cl)cc2)CC1. The van der Waals surface area contributed by atoms with Gasteiger partial charge in [0.2, 0.25) is 11.8 Å². The summed E-state index contributed by atoms with van der Waals surface area (Å²) in [6.07, 6.45) is 3.44. The standard InChI is InChI=1S/C28H37ClN6O3/c1-18-15-24(37)26-25(18)27(32-17-31-26)34-11-13-35(14-12-34)28(38)23(20-3-5-21(29)6-4-20)16-30-22-7-9-33(10-8-22)19(2)36/h3-6,17-18,22-24,30,37H,7-16H2,1-2H3/t18?,23-,24-/m1/s1. The van der Waals surface area contributed by atoms with Crippen molar-refractivity contribution in [1.82, 2.24) is 25.1 Å². The number of hydrogen-bond acceptors (Lipinski definition) is 7. The number of aliphatic hydroxyl groups excluding tert-OH is 1. The molecule has 1 aromatic carbocycles. The Bertz CT molecular complexity index is 1150. The number of carbonyl (C=O) groups is 2. The Labute approximate surface area is 229 Å². The van der Waals surface area contributed by atoms with Crippen molar-refractivity contribution in [1.29, 1.82) is 0 Å². The number of piperazine rings is 1. The number of amides is 2. The topological polar surface area (TPSA) is 102 Å². The van der Waals surface area contributed by atoms with Crippen LogP contribution in [-0.4, -0.2) is 88.5 Å². The molecule has 2 amide bonds. The average Bonchev–Trinajstić information content (AvgIpc) is 3.23. The second-order valence-electron chi connectivity index (χ2n) is 10.8. The van der Waals surface area contributed by atoms with Crippen LogP contribution >= 0.6 is 11.6 Å². The molecule has 0 spiro atoms. The fraction of sp³-hybridized carbons (Fsp3) is 0.571. The molecule has 0 saturated carbocycles. The molecular formula is C28H37ClN6O3. The quantitative estimate of drug-likeness (QED) is 0.581. The van der Waals surface area contributed by atoms with E-state index in [0.717, 1.165) is 48.6 Å². The van der Waals surface area contributed by atoms with Crippen molar-refractivity contribution < 1.29 is 14.7 Å². The summed E-state index contributed by atoms with van der Waals surface area (Å²) in [6.45, 7) is 8.34. The van der Waals surface area contributed by atoms with E-state index in [-0.39, 0.29) is 29.7 Å². The maximum atomic E-state index is 13.8. The Morgan fingerprint density at radius 2 is 1.74 bits per heavy atom. The van der Waals surface area contributed by atoms with Crippen LogP contribution in [0, 0.1) is 0 Å². The molecule has 3 atom stereocenters. The van der Waals surface area contributed by atoms with Gasteiger partial charge >= 0.3 is 0 Å². The van der Waals surface area contributed by atoms with E-state index < -0.39 is 6.10 Å². The van der Waals surface area contributed by atoms with Crippen LogP contribution in [0.5, 0.6) is 0 Å². The third-order valence-corrected chi connectivity index (χ3v) is 8.54. The predicted molar refractivity (Wildman–Crippen MR) is 146 cm³/mol.